The largest absolute Gasteiger partial charge is 0.298 e. The Kier molecular flexibility index (Phi) is 4.48. The summed E-state index contributed by atoms with van der Waals surface area (Å²) in [5.74, 6) is -0.272. The van der Waals surface area contributed by atoms with Gasteiger partial charge in [-0.2, -0.15) is 0 Å². The fraction of sp³-hybridized carbons (Fsp3) is 0.333. The first-order chi connectivity index (χ1) is 10.1. The third kappa shape index (κ3) is 3.23. The van der Waals surface area contributed by atoms with Gasteiger partial charge in [0.2, 0.25) is 0 Å². The van der Waals surface area contributed by atoms with Crippen molar-refractivity contribution < 1.29 is 4.79 Å². The first kappa shape index (κ1) is 14.8. The van der Waals surface area contributed by atoms with Crippen LogP contribution in [-0.4, -0.2) is 10.9 Å². The minimum Gasteiger partial charge on any atom is -0.298 e. The maximum atomic E-state index is 12.3. The van der Waals surface area contributed by atoms with Crippen LogP contribution in [0.3, 0.4) is 0 Å². The van der Waals surface area contributed by atoms with Crippen molar-refractivity contribution in [2.24, 2.45) is 0 Å². The Morgan fingerprint density at radius 2 is 2.00 bits per heavy atom. The molecular weight excluding hydrogens is 327 g/mol. The molecule has 0 fully saturated rings. The molecule has 0 radical (unpaired) electrons. The molecule has 1 amide bonds. The molecule has 1 aliphatic carbocycles. The van der Waals surface area contributed by atoms with Gasteiger partial charge in [0.25, 0.3) is 5.91 Å². The standard InChI is InChI=1S/C15H14Cl2N2OS/c16-10-6-4-5-9(13(10)17)14(20)19-15-18-11-7-2-1-3-8-12(11)21-15/h4-6H,1-3,7-8H2,(H,18,19,20). The lowest BCUT2D eigenvalue weighted by Crippen LogP contribution is -2.12. The van der Waals surface area contributed by atoms with Crippen LogP contribution in [0.1, 0.15) is 40.2 Å². The quantitative estimate of drug-likeness (QED) is 0.784. The minimum atomic E-state index is -0.272. The van der Waals surface area contributed by atoms with Crippen molar-refractivity contribution in [3.8, 4) is 0 Å². The van der Waals surface area contributed by atoms with Gasteiger partial charge >= 0.3 is 0 Å². The number of anilines is 1. The van der Waals surface area contributed by atoms with E-state index in [9.17, 15) is 4.79 Å². The van der Waals surface area contributed by atoms with E-state index < -0.39 is 0 Å². The first-order valence-corrected chi connectivity index (χ1v) is 8.46. The molecule has 1 aliphatic rings. The van der Waals surface area contributed by atoms with Crippen LogP contribution in [0.25, 0.3) is 0 Å². The molecule has 1 N–H and O–H groups in total. The van der Waals surface area contributed by atoms with Gasteiger partial charge in [-0.15, -0.1) is 11.3 Å². The minimum absolute atomic E-state index is 0.272. The number of carbonyl (C=O) groups excluding carboxylic acids is 1. The van der Waals surface area contributed by atoms with Crippen LogP contribution in [-0.2, 0) is 12.8 Å². The number of aryl methyl sites for hydroxylation is 2. The van der Waals surface area contributed by atoms with Crippen molar-refractivity contribution in [2.75, 3.05) is 5.32 Å². The van der Waals surface area contributed by atoms with Crippen LogP contribution < -0.4 is 5.32 Å². The van der Waals surface area contributed by atoms with Crippen molar-refractivity contribution in [3.63, 3.8) is 0 Å². The van der Waals surface area contributed by atoms with E-state index in [0.29, 0.717) is 15.7 Å². The summed E-state index contributed by atoms with van der Waals surface area (Å²) < 4.78 is 0. The molecule has 2 aromatic rings. The summed E-state index contributed by atoms with van der Waals surface area (Å²) in [6.07, 6.45) is 5.68. The van der Waals surface area contributed by atoms with Crippen molar-refractivity contribution in [1.82, 2.24) is 4.98 Å². The maximum absolute atomic E-state index is 12.3. The highest BCUT2D eigenvalue weighted by Gasteiger charge is 2.17. The summed E-state index contributed by atoms with van der Waals surface area (Å²) in [7, 11) is 0. The number of aromatic nitrogens is 1. The van der Waals surface area contributed by atoms with E-state index in [4.69, 9.17) is 23.2 Å². The molecule has 1 aromatic carbocycles. The highest BCUT2D eigenvalue weighted by atomic mass is 35.5. The Hall–Kier alpha value is -1.10. The zero-order valence-electron chi connectivity index (χ0n) is 11.3. The number of hydrogen-bond acceptors (Lipinski definition) is 3. The van der Waals surface area contributed by atoms with E-state index in [2.05, 4.69) is 10.3 Å². The number of nitrogens with one attached hydrogen (secondary N) is 1. The second-order valence-corrected chi connectivity index (χ2v) is 6.87. The van der Waals surface area contributed by atoms with E-state index in [1.165, 1.54) is 24.1 Å². The Morgan fingerprint density at radius 3 is 2.86 bits per heavy atom. The smallest absolute Gasteiger partial charge is 0.259 e. The number of benzene rings is 1. The lowest BCUT2D eigenvalue weighted by atomic mass is 10.2. The second-order valence-electron chi connectivity index (χ2n) is 5.01. The molecule has 0 saturated heterocycles. The summed E-state index contributed by atoms with van der Waals surface area (Å²) in [5.41, 5.74) is 1.50. The molecule has 3 rings (SSSR count). The molecule has 6 heteroatoms. The van der Waals surface area contributed by atoms with E-state index in [-0.39, 0.29) is 10.9 Å². The first-order valence-electron chi connectivity index (χ1n) is 6.89. The number of fused-ring (bicyclic) bond motifs is 1. The average Bonchev–Trinajstić information content (AvgIpc) is 2.70. The molecule has 0 atom stereocenters. The molecular formula is C15H14Cl2N2OS. The Labute approximate surface area is 137 Å². The Bertz CT molecular complexity index is 661. The Morgan fingerprint density at radius 1 is 1.19 bits per heavy atom. The van der Waals surface area contributed by atoms with Crippen molar-refractivity contribution in [3.05, 3.63) is 44.4 Å². The maximum Gasteiger partial charge on any atom is 0.259 e. The number of amides is 1. The zero-order chi connectivity index (χ0) is 14.8. The molecule has 0 spiro atoms. The molecule has 0 aliphatic heterocycles. The molecule has 3 nitrogen and oxygen atoms in total. The van der Waals surface area contributed by atoms with E-state index in [1.54, 1.807) is 29.5 Å². The molecule has 1 aromatic heterocycles. The fourth-order valence-corrected chi connectivity index (χ4v) is 3.86. The monoisotopic (exact) mass is 340 g/mol. The zero-order valence-corrected chi connectivity index (χ0v) is 13.6. The lowest BCUT2D eigenvalue weighted by molar-refractivity contribution is 0.102. The van der Waals surface area contributed by atoms with Gasteiger partial charge in [-0.1, -0.05) is 35.7 Å². The number of carbonyl (C=O) groups is 1. The summed E-state index contributed by atoms with van der Waals surface area (Å²) in [5, 5.41) is 4.12. The normalized spacial score (nSPS) is 14.4. The van der Waals surface area contributed by atoms with Gasteiger partial charge in [0.15, 0.2) is 5.13 Å². The van der Waals surface area contributed by atoms with Gasteiger partial charge in [0, 0.05) is 4.88 Å². The Balaban J connectivity index is 1.80. The van der Waals surface area contributed by atoms with E-state index >= 15 is 0 Å². The molecule has 0 saturated carbocycles. The number of thiazole rings is 1. The molecule has 0 unspecified atom stereocenters. The highest BCUT2D eigenvalue weighted by Crippen LogP contribution is 2.30. The third-order valence-electron chi connectivity index (χ3n) is 3.51. The molecule has 0 bridgehead atoms. The summed E-state index contributed by atoms with van der Waals surface area (Å²) in [4.78, 5) is 18.1. The van der Waals surface area contributed by atoms with Gasteiger partial charge in [-0.05, 0) is 37.8 Å². The number of hydrogen-bond donors (Lipinski definition) is 1. The van der Waals surface area contributed by atoms with Gasteiger partial charge in [-0.25, -0.2) is 4.98 Å². The summed E-state index contributed by atoms with van der Waals surface area (Å²) in [6.45, 7) is 0. The third-order valence-corrected chi connectivity index (χ3v) is 5.40. The van der Waals surface area contributed by atoms with Gasteiger partial charge in [0.05, 0.1) is 21.3 Å². The van der Waals surface area contributed by atoms with E-state index in [0.717, 1.165) is 18.5 Å². The average molecular weight is 341 g/mol. The predicted octanol–water partition coefficient (Wildman–Crippen LogP) is 4.97. The topological polar surface area (TPSA) is 42.0 Å². The van der Waals surface area contributed by atoms with Gasteiger partial charge in [0.1, 0.15) is 0 Å². The number of nitrogens with zero attached hydrogens (tertiary/aromatic N) is 1. The van der Waals surface area contributed by atoms with Crippen LogP contribution in [0.15, 0.2) is 18.2 Å². The fourth-order valence-electron chi connectivity index (χ4n) is 2.43. The lowest BCUT2D eigenvalue weighted by Gasteiger charge is -2.05. The van der Waals surface area contributed by atoms with Gasteiger partial charge < -0.3 is 0 Å². The van der Waals surface area contributed by atoms with Crippen molar-refractivity contribution in [2.45, 2.75) is 32.1 Å². The van der Waals surface area contributed by atoms with Gasteiger partial charge in [-0.3, -0.25) is 10.1 Å². The molecule has 110 valence electrons. The van der Waals surface area contributed by atoms with Crippen molar-refractivity contribution in [1.29, 1.82) is 0 Å². The summed E-state index contributed by atoms with van der Waals surface area (Å²) >= 11 is 13.6. The molecule has 1 heterocycles. The summed E-state index contributed by atoms with van der Waals surface area (Å²) in [6, 6.07) is 5.02. The number of halogens is 2. The highest BCUT2D eigenvalue weighted by molar-refractivity contribution is 7.15. The SMILES string of the molecule is O=C(Nc1nc2c(s1)CCCCC2)c1cccc(Cl)c1Cl. The second kappa shape index (κ2) is 6.34. The molecule has 21 heavy (non-hydrogen) atoms. The van der Waals surface area contributed by atoms with Crippen LogP contribution in [0.2, 0.25) is 10.0 Å². The van der Waals surface area contributed by atoms with Crippen LogP contribution in [0.4, 0.5) is 5.13 Å². The van der Waals surface area contributed by atoms with Crippen LogP contribution in [0.5, 0.6) is 0 Å². The predicted molar refractivity (Wildman–Crippen MR) is 87.8 cm³/mol. The number of rotatable bonds is 2. The van der Waals surface area contributed by atoms with Crippen LogP contribution in [0, 0.1) is 0 Å². The van der Waals surface area contributed by atoms with Crippen molar-refractivity contribution >= 4 is 45.6 Å². The van der Waals surface area contributed by atoms with E-state index in [1.807, 2.05) is 0 Å². The van der Waals surface area contributed by atoms with Crippen LogP contribution >= 0.6 is 34.5 Å².